The van der Waals surface area contributed by atoms with Gasteiger partial charge in [-0.15, -0.1) is 0 Å². The number of amides is 1. The molecule has 0 spiro atoms. The molecule has 1 N–H and O–H groups in total. The molecule has 0 aromatic carbocycles. The van der Waals surface area contributed by atoms with Crippen LogP contribution in [0.5, 0.6) is 0 Å². The van der Waals surface area contributed by atoms with Gasteiger partial charge in [-0.2, -0.15) is 0 Å². The lowest BCUT2D eigenvalue weighted by Crippen LogP contribution is -2.24. The fourth-order valence-corrected chi connectivity index (χ4v) is 0.975. The number of carbonyl (C=O) groups excluding carboxylic acids is 1. The molecule has 4 heteroatoms. The molecule has 1 amide bonds. The van der Waals surface area contributed by atoms with Gasteiger partial charge in [0.1, 0.15) is 0 Å². The topological polar surface area (TPSA) is 49.8 Å². The third-order valence-electron chi connectivity index (χ3n) is 1.89. The zero-order chi connectivity index (χ0) is 10.3. The first-order valence-electron chi connectivity index (χ1n) is 4.56. The van der Waals surface area contributed by atoms with Gasteiger partial charge in [0, 0.05) is 13.5 Å². The van der Waals surface area contributed by atoms with Crippen LogP contribution in [0.4, 0.5) is 0 Å². The largest absolute Gasteiger partial charge is 0.393 e. The lowest BCUT2D eigenvalue weighted by Gasteiger charge is -2.13. The minimum atomic E-state index is -0.268. The fourth-order valence-electron chi connectivity index (χ4n) is 0.975. The Kier molecular flexibility index (Phi) is 6.54. The van der Waals surface area contributed by atoms with E-state index in [1.54, 1.807) is 14.0 Å². The van der Waals surface area contributed by atoms with Crippen LogP contribution in [0.3, 0.4) is 0 Å². The van der Waals surface area contributed by atoms with Crippen LogP contribution in [0.1, 0.15) is 32.6 Å². The van der Waals surface area contributed by atoms with Crippen molar-refractivity contribution >= 4 is 5.91 Å². The van der Waals surface area contributed by atoms with Gasteiger partial charge in [-0.1, -0.05) is 6.42 Å². The predicted molar refractivity (Wildman–Crippen MR) is 49.9 cm³/mol. The van der Waals surface area contributed by atoms with Crippen LogP contribution in [0, 0.1) is 0 Å². The van der Waals surface area contributed by atoms with Crippen LogP contribution in [0.25, 0.3) is 0 Å². The number of rotatable bonds is 6. The van der Waals surface area contributed by atoms with Crippen molar-refractivity contribution in [1.82, 2.24) is 5.06 Å². The first-order chi connectivity index (χ1) is 6.07. The summed E-state index contributed by atoms with van der Waals surface area (Å²) in [6, 6.07) is 0. The van der Waals surface area contributed by atoms with Crippen molar-refractivity contribution in [2.24, 2.45) is 0 Å². The first kappa shape index (κ1) is 12.4. The molecule has 1 atom stereocenters. The van der Waals surface area contributed by atoms with Crippen LogP contribution in [-0.4, -0.2) is 36.3 Å². The molecule has 0 fully saturated rings. The Morgan fingerprint density at radius 1 is 1.54 bits per heavy atom. The molecular formula is C9H19NO3. The van der Waals surface area contributed by atoms with E-state index in [9.17, 15) is 4.79 Å². The number of hydroxylamine groups is 2. The van der Waals surface area contributed by atoms with Gasteiger partial charge < -0.3 is 5.11 Å². The highest BCUT2D eigenvalue weighted by atomic mass is 16.7. The highest BCUT2D eigenvalue weighted by molar-refractivity contribution is 5.74. The third kappa shape index (κ3) is 6.54. The minimum absolute atomic E-state index is 0.0203. The van der Waals surface area contributed by atoms with Crippen LogP contribution in [-0.2, 0) is 9.63 Å². The standard InChI is InChI=1S/C9H19NO3/c1-8(11)6-4-5-7-9(12)10(2)13-3/h8,11H,4-7H2,1-3H3. The van der Waals surface area contributed by atoms with E-state index in [0.29, 0.717) is 6.42 Å². The second-order valence-corrected chi connectivity index (χ2v) is 3.17. The monoisotopic (exact) mass is 189 g/mol. The molecule has 0 aliphatic heterocycles. The molecule has 78 valence electrons. The van der Waals surface area contributed by atoms with Gasteiger partial charge in [0.05, 0.1) is 13.2 Å². The summed E-state index contributed by atoms with van der Waals surface area (Å²) in [6.45, 7) is 1.75. The number of aliphatic hydroxyl groups excluding tert-OH is 1. The van der Waals surface area contributed by atoms with Crippen LogP contribution in [0.2, 0.25) is 0 Å². The zero-order valence-electron chi connectivity index (χ0n) is 8.62. The van der Waals surface area contributed by atoms with Gasteiger partial charge >= 0.3 is 0 Å². The maximum absolute atomic E-state index is 11.2. The van der Waals surface area contributed by atoms with Gasteiger partial charge in [-0.05, 0) is 19.8 Å². The molecule has 0 heterocycles. The first-order valence-corrected chi connectivity index (χ1v) is 4.56. The zero-order valence-corrected chi connectivity index (χ0v) is 8.62. The summed E-state index contributed by atoms with van der Waals surface area (Å²) in [4.78, 5) is 15.9. The van der Waals surface area contributed by atoms with Crippen molar-refractivity contribution in [3.8, 4) is 0 Å². The molecule has 0 saturated heterocycles. The molecule has 0 aliphatic carbocycles. The van der Waals surface area contributed by atoms with Crippen molar-refractivity contribution < 1.29 is 14.7 Å². The molecular weight excluding hydrogens is 170 g/mol. The Bertz CT molecular complexity index is 148. The SMILES string of the molecule is CON(C)C(=O)CCCCC(C)O. The Balaban J connectivity index is 3.37. The average Bonchev–Trinajstić information content (AvgIpc) is 2.10. The fraction of sp³-hybridized carbons (Fsp3) is 0.889. The predicted octanol–water partition coefficient (Wildman–Crippen LogP) is 0.947. The Labute approximate surface area is 79.4 Å². The van der Waals surface area contributed by atoms with Gasteiger partial charge in [0.15, 0.2) is 0 Å². The van der Waals surface area contributed by atoms with E-state index >= 15 is 0 Å². The molecule has 4 nitrogen and oxygen atoms in total. The van der Waals surface area contributed by atoms with Gasteiger partial charge in [0.2, 0.25) is 5.91 Å². The highest BCUT2D eigenvalue weighted by Crippen LogP contribution is 2.04. The average molecular weight is 189 g/mol. The number of aliphatic hydroxyl groups is 1. The highest BCUT2D eigenvalue weighted by Gasteiger charge is 2.06. The van der Waals surface area contributed by atoms with Gasteiger partial charge in [-0.25, -0.2) is 5.06 Å². The molecule has 0 rings (SSSR count). The lowest BCUT2D eigenvalue weighted by molar-refractivity contribution is -0.168. The summed E-state index contributed by atoms with van der Waals surface area (Å²) in [5.74, 6) is -0.0203. The molecule has 0 aliphatic rings. The number of carbonyl (C=O) groups is 1. The number of unbranched alkanes of at least 4 members (excludes halogenated alkanes) is 1. The second-order valence-electron chi connectivity index (χ2n) is 3.17. The Morgan fingerprint density at radius 3 is 2.62 bits per heavy atom. The van der Waals surface area contributed by atoms with Gasteiger partial charge in [-0.3, -0.25) is 9.63 Å². The molecule has 0 saturated carbocycles. The summed E-state index contributed by atoms with van der Waals surface area (Å²) in [5, 5.41) is 10.2. The summed E-state index contributed by atoms with van der Waals surface area (Å²) in [6.07, 6.45) is 2.65. The lowest BCUT2D eigenvalue weighted by atomic mass is 10.1. The van der Waals surface area contributed by atoms with Crippen LogP contribution >= 0.6 is 0 Å². The molecule has 0 radical (unpaired) electrons. The second kappa shape index (κ2) is 6.86. The molecule has 13 heavy (non-hydrogen) atoms. The maximum Gasteiger partial charge on any atom is 0.245 e. The quantitative estimate of drug-likeness (QED) is 0.500. The summed E-state index contributed by atoms with van der Waals surface area (Å²) in [5.41, 5.74) is 0. The molecule has 0 bridgehead atoms. The normalized spacial score (nSPS) is 12.6. The number of hydrogen-bond donors (Lipinski definition) is 1. The van der Waals surface area contributed by atoms with Gasteiger partial charge in [0.25, 0.3) is 0 Å². The van der Waals surface area contributed by atoms with E-state index in [4.69, 9.17) is 9.94 Å². The van der Waals surface area contributed by atoms with Crippen molar-refractivity contribution in [3.63, 3.8) is 0 Å². The third-order valence-corrected chi connectivity index (χ3v) is 1.89. The van der Waals surface area contributed by atoms with Crippen molar-refractivity contribution in [2.45, 2.75) is 38.7 Å². The summed E-state index contributed by atoms with van der Waals surface area (Å²) < 4.78 is 0. The summed E-state index contributed by atoms with van der Waals surface area (Å²) >= 11 is 0. The van der Waals surface area contributed by atoms with E-state index in [1.807, 2.05) is 0 Å². The van der Waals surface area contributed by atoms with Crippen LogP contribution in [0.15, 0.2) is 0 Å². The summed E-state index contributed by atoms with van der Waals surface area (Å²) in [7, 11) is 3.06. The van der Waals surface area contributed by atoms with Crippen molar-refractivity contribution in [2.75, 3.05) is 14.2 Å². The maximum atomic E-state index is 11.2. The molecule has 0 aromatic heterocycles. The Hall–Kier alpha value is -0.610. The van der Waals surface area contributed by atoms with E-state index in [-0.39, 0.29) is 12.0 Å². The van der Waals surface area contributed by atoms with E-state index in [0.717, 1.165) is 19.3 Å². The molecule has 0 aromatic rings. The number of hydrogen-bond acceptors (Lipinski definition) is 3. The van der Waals surface area contributed by atoms with Crippen molar-refractivity contribution in [1.29, 1.82) is 0 Å². The van der Waals surface area contributed by atoms with Crippen LogP contribution < -0.4 is 0 Å². The van der Waals surface area contributed by atoms with E-state index in [1.165, 1.54) is 12.2 Å². The van der Waals surface area contributed by atoms with E-state index < -0.39 is 0 Å². The molecule has 1 unspecified atom stereocenters. The van der Waals surface area contributed by atoms with E-state index in [2.05, 4.69) is 0 Å². The minimum Gasteiger partial charge on any atom is -0.393 e. The number of nitrogens with zero attached hydrogens (tertiary/aromatic N) is 1. The Morgan fingerprint density at radius 2 is 2.15 bits per heavy atom. The van der Waals surface area contributed by atoms with Crippen molar-refractivity contribution in [3.05, 3.63) is 0 Å². The smallest absolute Gasteiger partial charge is 0.245 e.